The Morgan fingerprint density at radius 3 is 2.43 bits per heavy atom. The number of ether oxygens (including phenoxy) is 2. The number of hydrogen-bond acceptors (Lipinski definition) is 5. The number of hydrogen-bond donors (Lipinski definition) is 1. The molecule has 0 spiro atoms. The van der Waals surface area contributed by atoms with Gasteiger partial charge in [0.15, 0.2) is 11.5 Å². The molecule has 0 unspecified atom stereocenters. The van der Waals surface area contributed by atoms with Crippen LogP contribution in [0.25, 0.3) is 0 Å². The minimum absolute atomic E-state index is 0.0530. The van der Waals surface area contributed by atoms with Crippen LogP contribution in [0.3, 0.4) is 0 Å². The van der Waals surface area contributed by atoms with Gasteiger partial charge in [0.1, 0.15) is 0 Å². The van der Waals surface area contributed by atoms with Crippen molar-refractivity contribution in [2.75, 3.05) is 39.9 Å². The molecule has 1 aromatic rings. The Labute approximate surface area is 169 Å². The number of carbonyl (C=O) groups excluding carboxylic acids is 1. The molecule has 2 heterocycles. The molecule has 0 aromatic heterocycles. The molecular formula is C22H35N3O3. The molecule has 0 radical (unpaired) electrons. The fraction of sp³-hybridized carbons (Fsp3) is 0.682. The first-order chi connectivity index (χ1) is 13.3. The van der Waals surface area contributed by atoms with Gasteiger partial charge in [-0.1, -0.05) is 19.9 Å². The zero-order valence-electron chi connectivity index (χ0n) is 17.9. The summed E-state index contributed by atoms with van der Waals surface area (Å²) in [6, 6.07) is 6.71. The lowest BCUT2D eigenvalue weighted by Crippen LogP contribution is -2.57. The molecule has 0 bridgehead atoms. The third-order valence-corrected chi connectivity index (χ3v) is 5.72. The van der Waals surface area contributed by atoms with E-state index in [1.807, 2.05) is 18.2 Å². The monoisotopic (exact) mass is 389 g/mol. The molecule has 1 fully saturated rings. The fourth-order valence-corrected chi connectivity index (χ4v) is 4.33. The number of fused-ring (bicyclic) bond motifs is 1. The second-order valence-corrected chi connectivity index (χ2v) is 8.64. The topological polar surface area (TPSA) is 54.0 Å². The van der Waals surface area contributed by atoms with Crippen LogP contribution in [0.5, 0.6) is 11.5 Å². The van der Waals surface area contributed by atoms with Crippen LogP contribution in [0.2, 0.25) is 0 Å². The van der Waals surface area contributed by atoms with E-state index >= 15 is 0 Å². The highest BCUT2D eigenvalue weighted by molar-refractivity contribution is 5.78. The van der Waals surface area contributed by atoms with Gasteiger partial charge in [0.05, 0.1) is 25.8 Å². The van der Waals surface area contributed by atoms with Crippen molar-refractivity contribution in [1.29, 1.82) is 0 Å². The summed E-state index contributed by atoms with van der Waals surface area (Å²) in [6.45, 7) is 12.4. The Bertz CT molecular complexity index is 667. The fourth-order valence-electron chi connectivity index (χ4n) is 4.33. The molecule has 1 saturated heterocycles. The lowest BCUT2D eigenvalue weighted by molar-refractivity contribution is -0.125. The molecule has 28 heavy (non-hydrogen) atoms. The average Bonchev–Trinajstić information content (AvgIpc) is 2.87. The minimum atomic E-state index is -0.0530. The zero-order chi connectivity index (χ0) is 20.3. The van der Waals surface area contributed by atoms with Crippen molar-refractivity contribution < 1.29 is 14.3 Å². The summed E-state index contributed by atoms with van der Waals surface area (Å²) in [5, 5.41) is 3.26. The molecule has 1 aromatic carbocycles. The highest BCUT2D eigenvalue weighted by Crippen LogP contribution is 2.34. The maximum atomic E-state index is 12.9. The number of rotatable bonds is 5. The van der Waals surface area contributed by atoms with Gasteiger partial charge in [-0.3, -0.25) is 9.69 Å². The standard InChI is InChI=1S/C22H35N3O3/c1-15(2)22(18-7-8-19-20(11-18)28-10-6-9-27-19)23-21(26)14-25-16(3)12-24(5)13-17(25)4/h7-8,11,15-17,22H,6,9-10,12-14H2,1-5H3,(H,23,26)/t16-,17-,22-/m0/s1. The van der Waals surface area contributed by atoms with Crippen molar-refractivity contribution >= 4 is 5.91 Å². The quantitative estimate of drug-likeness (QED) is 0.839. The Morgan fingerprint density at radius 2 is 1.79 bits per heavy atom. The lowest BCUT2D eigenvalue weighted by Gasteiger charge is -2.43. The summed E-state index contributed by atoms with van der Waals surface area (Å²) < 4.78 is 11.6. The first-order valence-corrected chi connectivity index (χ1v) is 10.5. The summed E-state index contributed by atoms with van der Waals surface area (Å²) >= 11 is 0. The van der Waals surface area contributed by atoms with E-state index in [9.17, 15) is 4.79 Å². The number of piperazine rings is 1. The molecule has 0 saturated carbocycles. The van der Waals surface area contributed by atoms with Crippen LogP contribution in [0.1, 0.15) is 45.7 Å². The molecule has 2 aliphatic heterocycles. The number of carbonyl (C=O) groups is 1. The lowest BCUT2D eigenvalue weighted by atomic mass is 9.95. The van der Waals surface area contributed by atoms with E-state index in [-0.39, 0.29) is 17.9 Å². The predicted octanol–water partition coefficient (Wildman–Crippen LogP) is 2.69. The smallest absolute Gasteiger partial charge is 0.234 e. The number of nitrogens with zero attached hydrogens (tertiary/aromatic N) is 2. The third-order valence-electron chi connectivity index (χ3n) is 5.72. The zero-order valence-corrected chi connectivity index (χ0v) is 17.9. The molecule has 6 nitrogen and oxygen atoms in total. The second-order valence-electron chi connectivity index (χ2n) is 8.64. The van der Waals surface area contributed by atoms with E-state index in [2.05, 4.69) is 49.9 Å². The van der Waals surface area contributed by atoms with Crippen LogP contribution in [-0.2, 0) is 4.79 Å². The summed E-state index contributed by atoms with van der Waals surface area (Å²) in [5.74, 6) is 1.91. The average molecular weight is 390 g/mol. The van der Waals surface area contributed by atoms with E-state index in [4.69, 9.17) is 9.47 Å². The van der Waals surface area contributed by atoms with E-state index in [0.717, 1.165) is 36.6 Å². The van der Waals surface area contributed by atoms with Crippen LogP contribution in [-0.4, -0.2) is 67.7 Å². The molecule has 1 N–H and O–H groups in total. The first kappa shape index (κ1) is 20.9. The first-order valence-electron chi connectivity index (χ1n) is 10.5. The number of likely N-dealkylation sites (N-methyl/N-ethyl adjacent to an activating group) is 1. The molecule has 0 aliphatic carbocycles. The Balaban J connectivity index is 1.69. The summed E-state index contributed by atoms with van der Waals surface area (Å²) in [4.78, 5) is 17.5. The van der Waals surface area contributed by atoms with Crippen LogP contribution in [0, 0.1) is 5.92 Å². The molecule has 156 valence electrons. The van der Waals surface area contributed by atoms with Crippen LogP contribution in [0.4, 0.5) is 0 Å². The van der Waals surface area contributed by atoms with Gasteiger partial charge in [-0.2, -0.15) is 0 Å². The summed E-state index contributed by atoms with van der Waals surface area (Å²) in [6.07, 6.45) is 0.885. The summed E-state index contributed by atoms with van der Waals surface area (Å²) in [5.41, 5.74) is 1.06. The van der Waals surface area contributed by atoms with Crippen molar-refractivity contribution in [2.24, 2.45) is 5.92 Å². The van der Waals surface area contributed by atoms with Crippen molar-refractivity contribution in [3.05, 3.63) is 23.8 Å². The normalized spacial score (nSPS) is 24.6. The van der Waals surface area contributed by atoms with Crippen molar-refractivity contribution in [3.63, 3.8) is 0 Å². The molecule has 6 heteroatoms. The molecule has 3 rings (SSSR count). The largest absolute Gasteiger partial charge is 0.490 e. The van der Waals surface area contributed by atoms with E-state index in [0.29, 0.717) is 31.8 Å². The number of benzene rings is 1. The highest BCUT2D eigenvalue weighted by Gasteiger charge is 2.30. The predicted molar refractivity (Wildman–Crippen MR) is 111 cm³/mol. The van der Waals surface area contributed by atoms with Crippen molar-refractivity contribution in [1.82, 2.24) is 15.1 Å². The molecular weight excluding hydrogens is 354 g/mol. The van der Waals surface area contributed by atoms with Crippen LogP contribution >= 0.6 is 0 Å². The van der Waals surface area contributed by atoms with Crippen molar-refractivity contribution in [2.45, 2.75) is 52.2 Å². The van der Waals surface area contributed by atoms with Gasteiger partial charge in [-0.05, 0) is 44.5 Å². The highest BCUT2D eigenvalue weighted by atomic mass is 16.5. The van der Waals surface area contributed by atoms with Crippen LogP contribution < -0.4 is 14.8 Å². The number of amides is 1. The van der Waals surface area contributed by atoms with Crippen molar-refractivity contribution in [3.8, 4) is 11.5 Å². The Hall–Kier alpha value is -1.79. The SMILES string of the molecule is CC(C)[C@H](NC(=O)CN1[C@@H](C)CN(C)C[C@@H]1C)c1ccc2c(c1)OCCCO2. The Morgan fingerprint density at radius 1 is 1.14 bits per heavy atom. The van der Waals surface area contributed by atoms with E-state index < -0.39 is 0 Å². The Kier molecular flexibility index (Phi) is 6.83. The van der Waals surface area contributed by atoms with Gasteiger partial charge < -0.3 is 19.7 Å². The second kappa shape index (κ2) is 9.14. The maximum absolute atomic E-state index is 12.9. The van der Waals surface area contributed by atoms with Gasteiger partial charge in [0.2, 0.25) is 5.91 Å². The summed E-state index contributed by atoms with van der Waals surface area (Å²) in [7, 11) is 2.14. The van der Waals surface area contributed by atoms with Gasteiger partial charge in [0.25, 0.3) is 0 Å². The molecule has 2 aliphatic rings. The van der Waals surface area contributed by atoms with Gasteiger partial charge in [0, 0.05) is 31.6 Å². The van der Waals surface area contributed by atoms with Gasteiger partial charge >= 0.3 is 0 Å². The number of nitrogens with one attached hydrogen (secondary N) is 1. The third kappa shape index (κ3) is 4.97. The molecule has 1 amide bonds. The molecule has 3 atom stereocenters. The minimum Gasteiger partial charge on any atom is -0.490 e. The maximum Gasteiger partial charge on any atom is 0.234 e. The van der Waals surface area contributed by atoms with E-state index in [1.165, 1.54) is 0 Å². The van der Waals surface area contributed by atoms with Crippen LogP contribution in [0.15, 0.2) is 18.2 Å². The van der Waals surface area contributed by atoms with E-state index in [1.54, 1.807) is 0 Å². The van der Waals surface area contributed by atoms with Gasteiger partial charge in [-0.25, -0.2) is 0 Å². The van der Waals surface area contributed by atoms with Gasteiger partial charge in [-0.15, -0.1) is 0 Å².